The normalized spacial score (nSPS) is 12.1. The molecule has 0 aliphatic carbocycles. The summed E-state index contributed by atoms with van der Waals surface area (Å²) in [5, 5.41) is 10.9. The third-order valence-corrected chi connectivity index (χ3v) is 4.05. The van der Waals surface area contributed by atoms with Crippen LogP contribution in [0.25, 0.3) is 0 Å². The van der Waals surface area contributed by atoms with Crippen molar-refractivity contribution in [3.63, 3.8) is 0 Å². The molecule has 0 bridgehead atoms. The Morgan fingerprint density at radius 1 is 1.20 bits per heavy atom. The van der Waals surface area contributed by atoms with E-state index in [1.807, 2.05) is 30.3 Å². The first kappa shape index (κ1) is 14.7. The number of nitro groups is 1. The Morgan fingerprint density at radius 2 is 1.90 bits per heavy atom. The fourth-order valence-electron chi connectivity index (χ4n) is 2.04. The smallest absolute Gasteiger partial charge is 0.258 e. The Hall–Kier alpha value is -1.75. The number of rotatable bonds is 5. The van der Waals surface area contributed by atoms with Crippen LogP contribution in [0.3, 0.4) is 0 Å². The summed E-state index contributed by atoms with van der Waals surface area (Å²) >= 11 is 3.56. The molecule has 0 fully saturated rings. The number of nitro benzene ring substituents is 1. The first-order chi connectivity index (χ1) is 9.58. The third kappa shape index (κ3) is 3.63. The van der Waals surface area contributed by atoms with E-state index in [1.165, 1.54) is 12.1 Å². The first-order valence-electron chi connectivity index (χ1n) is 6.20. The van der Waals surface area contributed by atoms with Gasteiger partial charge >= 0.3 is 0 Å². The molecule has 2 aromatic carbocycles. The summed E-state index contributed by atoms with van der Waals surface area (Å²) in [5.74, 6) is -0.448. The van der Waals surface area contributed by atoms with Gasteiger partial charge in [0.15, 0.2) is 0 Å². The molecule has 2 aromatic rings. The van der Waals surface area contributed by atoms with E-state index in [4.69, 9.17) is 0 Å². The molecule has 0 amide bonds. The number of benzene rings is 2. The summed E-state index contributed by atoms with van der Waals surface area (Å²) in [6, 6.07) is 13.4. The predicted molar refractivity (Wildman–Crippen MR) is 79.5 cm³/mol. The molecule has 0 aliphatic heterocycles. The second-order valence-electron chi connectivity index (χ2n) is 4.45. The molecule has 5 heteroatoms. The minimum absolute atomic E-state index is 0.0286. The SMILES string of the molecule is O=[N+]([O-])c1ccc(F)cc1CCC(Br)c1ccccc1. The van der Waals surface area contributed by atoms with Crippen LogP contribution in [0, 0.1) is 15.9 Å². The van der Waals surface area contributed by atoms with Crippen molar-refractivity contribution in [2.75, 3.05) is 0 Å². The van der Waals surface area contributed by atoms with Crippen LogP contribution in [0.1, 0.15) is 22.4 Å². The lowest BCUT2D eigenvalue weighted by Crippen LogP contribution is -1.99. The van der Waals surface area contributed by atoms with Crippen LogP contribution in [0.5, 0.6) is 0 Å². The fraction of sp³-hybridized carbons (Fsp3) is 0.200. The maximum Gasteiger partial charge on any atom is 0.272 e. The number of hydrogen-bond donors (Lipinski definition) is 0. The lowest BCUT2D eigenvalue weighted by Gasteiger charge is -2.10. The molecule has 3 nitrogen and oxygen atoms in total. The lowest BCUT2D eigenvalue weighted by atomic mass is 10.0. The monoisotopic (exact) mass is 337 g/mol. The second kappa shape index (κ2) is 6.61. The van der Waals surface area contributed by atoms with Gasteiger partial charge in [-0.15, -0.1) is 0 Å². The van der Waals surface area contributed by atoms with E-state index >= 15 is 0 Å². The van der Waals surface area contributed by atoms with Gasteiger partial charge < -0.3 is 0 Å². The molecule has 20 heavy (non-hydrogen) atoms. The van der Waals surface area contributed by atoms with Gasteiger partial charge in [-0.05, 0) is 30.5 Å². The van der Waals surface area contributed by atoms with Crippen molar-refractivity contribution in [1.82, 2.24) is 0 Å². The molecule has 0 spiro atoms. The van der Waals surface area contributed by atoms with Crippen LogP contribution in [-0.2, 0) is 6.42 Å². The van der Waals surface area contributed by atoms with Crippen LogP contribution in [0.15, 0.2) is 48.5 Å². The molecule has 1 atom stereocenters. The summed E-state index contributed by atoms with van der Waals surface area (Å²) < 4.78 is 13.2. The molecular weight excluding hydrogens is 325 g/mol. The van der Waals surface area contributed by atoms with Crippen molar-refractivity contribution < 1.29 is 9.31 Å². The average Bonchev–Trinajstić information content (AvgIpc) is 2.45. The Balaban J connectivity index is 2.11. The van der Waals surface area contributed by atoms with Gasteiger partial charge in [-0.3, -0.25) is 10.1 Å². The molecule has 0 N–H and O–H groups in total. The summed E-state index contributed by atoms with van der Waals surface area (Å²) in [4.78, 5) is 10.5. The van der Waals surface area contributed by atoms with Crippen molar-refractivity contribution in [2.24, 2.45) is 0 Å². The Kier molecular flexibility index (Phi) is 4.84. The molecular formula is C15H13BrFNO2. The molecule has 0 aliphatic rings. The van der Waals surface area contributed by atoms with Gasteiger partial charge in [-0.1, -0.05) is 46.3 Å². The van der Waals surface area contributed by atoms with Crippen molar-refractivity contribution >= 4 is 21.6 Å². The quantitative estimate of drug-likeness (QED) is 0.446. The van der Waals surface area contributed by atoms with Crippen LogP contribution in [0.4, 0.5) is 10.1 Å². The number of hydrogen-bond acceptors (Lipinski definition) is 2. The van der Waals surface area contributed by atoms with Crippen molar-refractivity contribution in [3.05, 3.63) is 75.6 Å². The van der Waals surface area contributed by atoms with Crippen LogP contribution >= 0.6 is 15.9 Å². The number of nitrogens with zero attached hydrogens (tertiary/aromatic N) is 1. The van der Waals surface area contributed by atoms with E-state index in [1.54, 1.807) is 0 Å². The molecule has 0 saturated carbocycles. The van der Waals surface area contributed by atoms with E-state index in [0.29, 0.717) is 18.4 Å². The second-order valence-corrected chi connectivity index (χ2v) is 5.55. The van der Waals surface area contributed by atoms with Gasteiger partial charge in [0.1, 0.15) is 5.82 Å². The highest BCUT2D eigenvalue weighted by atomic mass is 79.9. The summed E-state index contributed by atoms with van der Waals surface area (Å²) in [6.07, 6.45) is 1.10. The Bertz CT molecular complexity index is 604. The minimum atomic E-state index is -0.472. The standard InChI is InChI=1S/C15H13BrFNO2/c16-14(11-4-2-1-3-5-11)8-6-12-10-13(17)7-9-15(12)18(19)20/h1-5,7,9-10,14H,6,8H2. The van der Waals surface area contributed by atoms with E-state index in [0.717, 1.165) is 11.6 Å². The van der Waals surface area contributed by atoms with Crippen LogP contribution < -0.4 is 0 Å². The summed E-state index contributed by atoms with van der Waals surface area (Å²) in [7, 11) is 0. The van der Waals surface area contributed by atoms with Gasteiger partial charge in [0, 0.05) is 16.5 Å². The van der Waals surface area contributed by atoms with Gasteiger partial charge in [0.25, 0.3) is 5.69 Å². The van der Waals surface area contributed by atoms with E-state index in [9.17, 15) is 14.5 Å². The zero-order chi connectivity index (χ0) is 14.5. The highest BCUT2D eigenvalue weighted by Gasteiger charge is 2.16. The Labute approximate surface area is 124 Å². The highest BCUT2D eigenvalue weighted by Crippen LogP contribution is 2.30. The van der Waals surface area contributed by atoms with Crippen molar-refractivity contribution in [3.8, 4) is 0 Å². The zero-order valence-corrected chi connectivity index (χ0v) is 12.2. The predicted octanol–water partition coefficient (Wildman–Crippen LogP) is 4.80. The topological polar surface area (TPSA) is 43.1 Å². The summed E-state index contributed by atoms with van der Waals surface area (Å²) in [5.41, 5.74) is 1.50. The lowest BCUT2D eigenvalue weighted by molar-refractivity contribution is -0.385. The van der Waals surface area contributed by atoms with Gasteiger partial charge in [-0.25, -0.2) is 4.39 Å². The molecule has 1 unspecified atom stereocenters. The largest absolute Gasteiger partial charge is 0.272 e. The van der Waals surface area contributed by atoms with E-state index in [-0.39, 0.29) is 10.5 Å². The number of aryl methyl sites for hydroxylation is 1. The summed E-state index contributed by atoms with van der Waals surface area (Å²) in [6.45, 7) is 0. The number of alkyl halides is 1. The van der Waals surface area contributed by atoms with Gasteiger partial charge in [-0.2, -0.15) is 0 Å². The number of halogens is 2. The molecule has 0 aromatic heterocycles. The van der Waals surface area contributed by atoms with E-state index in [2.05, 4.69) is 15.9 Å². The van der Waals surface area contributed by atoms with Crippen molar-refractivity contribution in [1.29, 1.82) is 0 Å². The fourth-order valence-corrected chi connectivity index (χ4v) is 2.58. The molecule has 0 saturated heterocycles. The minimum Gasteiger partial charge on any atom is -0.258 e. The Morgan fingerprint density at radius 3 is 2.55 bits per heavy atom. The molecule has 104 valence electrons. The van der Waals surface area contributed by atoms with Crippen LogP contribution in [0.2, 0.25) is 0 Å². The highest BCUT2D eigenvalue weighted by molar-refractivity contribution is 9.09. The maximum absolute atomic E-state index is 13.2. The van der Waals surface area contributed by atoms with E-state index < -0.39 is 10.7 Å². The molecule has 0 radical (unpaired) electrons. The zero-order valence-electron chi connectivity index (χ0n) is 10.6. The van der Waals surface area contributed by atoms with Crippen molar-refractivity contribution in [2.45, 2.75) is 17.7 Å². The van der Waals surface area contributed by atoms with Gasteiger partial charge in [0.05, 0.1) is 4.92 Å². The van der Waals surface area contributed by atoms with Crippen LogP contribution in [-0.4, -0.2) is 4.92 Å². The maximum atomic E-state index is 13.2. The molecule has 2 rings (SSSR count). The average molecular weight is 338 g/mol. The molecule has 0 heterocycles. The third-order valence-electron chi connectivity index (χ3n) is 3.07. The van der Waals surface area contributed by atoms with Gasteiger partial charge in [0.2, 0.25) is 0 Å². The first-order valence-corrected chi connectivity index (χ1v) is 7.11.